The SMILES string of the molecule is Cc1ccc(N=Cc2cc([N+](=O)[O-])ccc2O)cc1S(N)(=O)=O. The summed E-state index contributed by atoms with van der Waals surface area (Å²) in [4.78, 5) is 14.1. The van der Waals surface area contributed by atoms with Crippen molar-refractivity contribution in [1.29, 1.82) is 0 Å². The third-order valence-electron chi connectivity index (χ3n) is 3.05. The van der Waals surface area contributed by atoms with Gasteiger partial charge in [0.05, 0.1) is 15.5 Å². The van der Waals surface area contributed by atoms with Gasteiger partial charge < -0.3 is 5.11 Å². The zero-order chi connectivity index (χ0) is 17.2. The van der Waals surface area contributed by atoms with Crippen LogP contribution in [0.15, 0.2) is 46.3 Å². The summed E-state index contributed by atoms with van der Waals surface area (Å²) >= 11 is 0. The Kier molecular flexibility index (Phi) is 4.43. The summed E-state index contributed by atoms with van der Waals surface area (Å²) in [7, 11) is -3.88. The molecular weight excluding hydrogens is 322 g/mol. The maximum absolute atomic E-state index is 11.5. The van der Waals surface area contributed by atoms with Crippen molar-refractivity contribution < 1.29 is 18.4 Å². The molecule has 0 amide bonds. The van der Waals surface area contributed by atoms with Crippen molar-refractivity contribution in [3.63, 3.8) is 0 Å². The van der Waals surface area contributed by atoms with Crippen LogP contribution in [0.3, 0.4) is 0 Å². The second kappa shape index (κ2) is 6.15. The van der Waals surface area contributed by atoms with Gasteiger partial charge in [-0.05, 0) is 30.7 Å². The van der Waals surface area contributed by atoms with Crippen LogP contribution in [0.5, 0.6) is 5.75 Å². The fourth-order valence-electron chi connectivity index (χ4n) is 1.88. The molecular formula is C14H13N3O5S. The number of non-ortho nitro benzene ring substituents is 1. The number of phenolic OH excluding ortho intramolecular Hbond substituents is 1. The van der Waals surface area contributed by atoms with E-state index in [1.807, 2.05) is 0 Å². The molecule has 0 saturated carbocycles. The average molecular weight is 335 g/mol. The molecule has 0 spiro atoms. The van der Waals surface area contributed by atoms with Gasteiger partial charge >= 0.3 is 0 Å². The van der Waals surface area contributed by atoms with Crippen molar-refractivity contribution in [3.8, 4) is 5.75 Å². The van der Waals surface area contributed by atoms with Crippen LogP contribution in [-0.2, 0) is 10.0 Å². The Morgan fingerprint density at radius 3 is 2.57 bits per heavy atom. The molecule has 8 nitrogen and oxygen atoms in total. The Balaban J connectivity index is 2.42. The summed E-state index contributed by atoms with van der Waals surface area (Å²) in [6, 6.07) is 7.90. The molecule has 2 aromatic rings. The molecule has 23 heavy (non-hydrogen) atoms. The number of hydrogen-bond acceptors (Lipinski definition) is 6. The molecule has 0 fully saturated rings. The predicted octanol–water partition coefficient (Wildman–Crippen LogP) is 2.01. The number of hydrogen-bond donors (Lipinski definition) is 2. The number of sulfonamides is 1. The lowest BCUT2D eigenvalue weighted by atomic mass is 10.2. The number of nitrogens with zero attached hydrogens (tertiary/aromatic N) is 2. The van der Waals surface area contributed by atoms with Gasteiger partial charge in [0.1, 0.15) is 5.75 Å². The lowest BCUT2D eigenvalue weighted by molar-refractivity contribution is -0.384. The van der Waals surface area contributed by atoms with Crippen LogP contribution in [-0.4, -0.2) is 24.7 Å². The van der Waals surface area contributed by atoms with Crippen molar-refractivity contribution >= 4 is 27.6 Å². The highest BCUT2D eigenvalue weighted by Gasteiger charge is 2.12. The largest absolute Gasteiger partial charge is 0.507 e. The maximum Gasteiger partial charge on any atom is 0.270 e. The van der Waals surface area contributed by atoms with E-state index in [1.54, 1.807) is 19.1 Å². The molecule has 0 atom stereocenters. The van der Waals surface area contributed by atoms with Gasteiger partial charge in [-0.3, -0.25) is 15.1 Å². The first kappa shape index (κ1) is 16.6. The molecule has 0 radical (unpaired) electrons. The average Bonchev–Trinajstić information content (AvgIpc) is 2.46. The number of aryl methyl sites for hydroxylation is 1. The Labute approximate surface area is 132 Å². The summed E-state index contributed by atoms with van der Waals surface area (Å²) in [5.74, 6) is -0.182. The van der Waals surface area contributed by atoms with Crippen LogP contribution in [0.2, 0.25) is 0 Å². The van der Waals surface area contributed by atoms with Gasteiger partial charge in [-0.25, -0.2) is 13.6 Å². The Morgan fingerprint density at radius 2 is 1.96 bits per heavy atom. The number of benzene rings is 2. The molecule has 0 aliphatic heterocycles. The fourth-order valence-corrected chi connectivity index (χ4v) is 2.68. The van der Waals surface area contributed by atoms with Gasteiger partial charge in [0, 0.05) is 23.9 Å². The van der Waals surface area contributed by atoms with E-state index in [4.69, 9.17) is 5.14 Å². The number of nitro benzene ring substituents is 1. The molecule has 0 aliphatic carbocycles. The first-order chi connectivity index (χ1) is 10.7. The number of aliphatic imine (C=N–C) groups is 1. The second-order valence-corrected chi connectivity index (χ2v) is 6.28. The first-order valence-electron chi connectivity index (χ1n) is 6.33. The minimum absolute atomic E-state index is 0.0598. The molecule has 0 aliphatic rings. The summed E-state index contributed by atoms with van der Waals surface area (Å²) in [6.07, 6.45) is 1.21. The number of nitro groups is 1. The van der Waals surface area contributed by atoms with Crippen molar-refractivity contribution in [2.75, 3.05) is 0 Å². The van der Waals surface area contributed by atoms with Crippen LogP contribution < -0.4 is 5.14 Å². The zero-order valence-corrected chi connectivity index (χ0v) is 12.8. The molecule has 0 bridgehead atoms. The van der Waals surface area contributed by atoms with Gasteiger partial charge in [-0.1, -0.05) is 6.07 Å². The topological polar surface area (TPSA) is 136 Å². The van der Waals surface area contributed by atoms with Gasteiger partial charge in [-0.15, -0.1) is 0 Å². The molecule has 0 saturated heterocycles. The van der Waals surface area contributed by atoms with Crippen molar-refractivity contribution in [1.82, 2.24) is 0 Å². The second-order valence-electron chi connectivity index (χ2n) is 4.75. The van der Waals surface area contributed by atoms with Gasteiger partial charge in [0.15, 0.2) is 0 Å². The molecule has 0 heterocycles. The van der Waals surface area contributed by atoms with Crippen LogP contribution in [0.4, 0.5) is 11.4 Å². The first-order valence-corrected chi connectivity index (χ1v) is 7.88. The van der Waals surface area contributed by atoms with Crippen LogP contribution in [0, 0.1) is 17.0 Å². The molecule has 3 N–H and O–H groups in total. The van der Waals surface area contributed by atoms with Crippen LogP contribution >= 0.6 is 0 Å². The minimum atomic E-state index is -3.88. The maximum atomic E-state index is 11.5. The van der Waals surface area contributed by atoms with E-state index in [1.165, 1.54) is 18.3 Å². The van der Waals surface area contributed by atoms with E-state index in [-0.39, 0.29) is 27.6 Å². The molecule has 9 heteroatoms. The summed E-state index contributed by atoms with van der Waals surface area (Å²) < 4.78 is 22.9. The zero-order valence-electron chi connectivity index (χ0n) is 12.0. The number of aromatic hydroxyl groups is 1. The standard InChI is InChI=1S/C14H13N3O5S/c1-9-2-3-11(7-14(9)23(15,21)22)16-8-10-6-12(17(19)20)4-5-13(10)18/h2-8,18H,1H3,(H2,15,21,22). The van der Waals surface area contributed by atoms with E-state index in [0.717, 1.165) is 12.1 Å². The van der Waals surface area contributed by atoms with E-state index < -0.39 is 14.9 Å². The lowest BCUT2D eigenvalue weighted by Gasteiger charge is -2.04. The monoisotopic (exact) mass is 335 g/mol. The highest BCUT2D eigenvalue weighted by atomic mass is 32.2. The Morgan fingerprint density at radius 1 is 1.26 bits per heavy atom. The quantitative estimate of drug-likeness (QED) is 0.500. The van der Waals surface area contributed by atoms with Crippen LogP contribution in [0.1, 0.15) is 11.1 Å². The summed E-state index contributed by atoms with van der Waals surface area (Å²) in [5.41, 5.74) is 0.700. The number of nitrogens with two attached hydrogens (primary N) is 1. The van der Waals surface area contributed by atoms with Gasteiger partial charge in [-0.2, -0.15) is 0 Å². The summed E-state index contributed by atoms with van der Waals surface area (Å²) in [6.45, 7) is 1.60. The third-order valence-corrected chi connectivity index (χ3v) is 4.11. The Bertz CT molecular complexity index is 907. The number of rotatable bonds is 4. The molecule has 0 aromatic heterocycles. The molecule has 2 rings (SSSR count). The number of phenols is 1. The van der Waals surface area contributed by atoms with Gasteiger partial charge in [0.25, 0.3) is 5.69 Å². The van der Waals surface area contributed by atoms with E-state index in [9.17, 15) is 23.6 Å². The predicted molar refractivity (Wildman–Crippen MR) is 84.6 cm³/mol. The Hall–Kier alpha value is -2.78. The fraction of sp³-hybridized carbons (Fsp3) is 0.0714. The molecule has 0 unspecified atom stereocenters. The highest BCUT2D eigenvalue weighted by Crippen LogP contribution is 2.24. The number of primary sulfonamides is 1. The van der Waals surface area contributed by atoms with E-state index >= 15 is 0 Å². The highest BCUT2D eigenvalue weighted by molar-refractivity contribution is 7.89. The molecule has 2 aromatic carbocycles. The van der Waals surface area contributed by atoms with E-state index in [0.29, 0.717) is 5.56 Å². The normalized spacial score (nSPS) is 11.7. The molecule has 120 valence electrons. The van der Waals surface area contributed by atoms with E-state index in [2.05, 4.69) is 4.99 Å². The van der Waals surface area contributed by atoms with Crippen molar-refractivity contribution in [3.05, 3.63) is 57.6 Å². The van der Waals surface area contributed by atoms with Gasteiger partial charge in [0.2, 0.25) is 10.0 Å². The minimum Gasteiger partial charge on any atom is -0.507 e. The van der Waals surface area contributed by atoms with Crippen LogP contribution in [0.25, 0.3) is 0 Å². The van der Waals surface area contributed by atoms with Crippen molar-refractivity contribution in [2.45, 2.75) is 11.8 Å². The lowest BCUT2D eigenvalue weighted by Crippen LogP contribution is -2.13. The summed E-state index contributed by atoms with van der Waals surface area (Å²) in [5, 5.41) is 25.5. The smallest absolute Gasteiger partial charge is 0.270 e. The van der Waals surface area contributed by atoms with Crippen molar-refractivity contribution in [2.24, 2.45) is 10.1 Å². The third kappa shape index (κ3) is 3.90.